The van der Waals surface area contributed by atoms with E-state index in [2.05, 4.69) is 5.32 Å². The van der Waals surface area contributed by atoms with Crippen molar-refractivity contribution in [3.63, 3.8) is 0 Å². The Bertz CT molecular complexity index is 1420. The van der Waals surface area contributed by atoms with E-state index in [1.54, 1.807) is 55.5 Å². The van der Waals surface area contributed by atoms with E-state index in [0.717, 1.165) is 9.87 Å². The molecular formula is C27H28Cl3N3O4S. The predicted octanol–water partition coefficient (Wildman–Crippen LogP) is 5.70. The Balaban J connectivity index is 2.08. The largest absolute Gasteiger partial charge is 0.357 e. The minimum atomic E-state index is -4.18. The van der Waals surface area contributed by atoms with Gasteiger partial charge in [0.05, 0.1) is 10.6 Å². The van der Waals surface area contributed by atoms with Crippen LogP contribution in [0.5, 0.6) is 0 Å². The number of rotatable bonds is 10. The number of benzene rings is 3. The van der Waals surface area contributed by atoms with Crippen LogP contribution in [0.15, 0.2) is 71.6 Å². The molecular weight excluding hydrogens is 569 g/mol. The SMILES string of the molecule is CC[C@@H](C(=O)NC)N(Cc1ccc(Cl)cc1Cl)C(=O)CN(c1cccc(Cl)c1)S(=O)(=O)c1ccc(C)cc1. The molecule has 0 saturated carbocycles. The van der Waals surface area contributed by atoms with Crippen molar-refractivity contribution < 1.29 is 18.0 Å². The molecule has 2 amide bonds. The van der Waals surface area contributed by atoms with Crippen LogP contribution in [0.25, 0.3) is 0 Å². The molecule has 1 atom stereocenters. The van der Waals surface area contributed by atoms with Crippen LogP contribution in [0.2, 0.25) is 15.1 Å². The van der Waals surface area contributed by atoms with Gasteiger partial charge in [-0.1, -0.05) is 71.6 Å². The summed E-state index contributed by atoms with van der Waals surface area (Å²) < 4.78 is 28.6. The molecule has 0 unspecified atom stereocenters. The van der Waals surface area contributed by atoms with E-state index in [0.29, 0.717) is 27.1 Å². The third-order valence-electron chi connectivity index (χ3n) is 5.97. The third kappa shape index (κ3) is 6.99. The summed E-state index contributed by atoms with van der Waals surface area (Å²) >= 11 is 18.6. The highest BCUT2D eigenvalue weighted by Crippen LogP contribution is 2.28. The van der Waals surface area contributed by atoms with Gasteiger partial charge in [0.2, 0.25) is 11.8 Å². The van der Waals surface area contributed by atoms with E-state index in [9.17, 15) is 18.0 Å². The van der Waals surface area contributed by atoms with Crippen molar-refractivity contribution in [2.75, 3.05) is 17.9 Å². The topological polar surface area (TPSA) is 86.8 Å². The maximum absolute atomic E-state index is 13.9. The van der Waals surface area contributed by atoms with Crippen LogP contribution in [0.4, 0.5) is 5.69 Å². The summed E-state index contributed by atoms with van der Waals surface area (Å²) in [6.07, 6.45) is 0.290. The monoisotopic (exact) mass is 595 g/mol. The Morgan fingerprint density at radius 2 is 1.61 bits per heavy atom. The fraction of sp³-hybridized carbons (Fsp3) is 0.259. The van der Waals surface area contributed by atoms with Crippen LogP contribution in [-0.4, -0.2) is 44.8 Å². The summed E-state index contributed by atoms with van der Waals surface area (Å²) in [4.78, 5) is 28.0. The van der Waals surface area contributed by atoms with Gasteiger partial charge in [-0.15, -0.1) is 0 Å². The Hall–Kier alpha value is -2.78. The first-order valence-corrected chi connectivity index (χ1v) is 14.3. The molecule has 0 heterocycles. The summed E-state index contributed by atoms with van der Waals surface area (Å²) in [5.41, 5.74) is 1.66. The molecule has 0 bridgehead atoms. The van der Waals surface area contributed by atoms with Crippen molar-refractivity contribution in [1.29, 1.82) is 0 Å². The number of amides is 2. The number of hydrogen-bond donors (Lipinski definition) is 1. The number of aryl methyl sites for hydroxylation is 1. The number of anilines is 1. The molecule has 202 valence electrons. The van der Waals surface area contributed by atoms with Crippen LogP contribution in [0.3, 0.4) is 0 Å². The van der Waals surface area contributed by atoms with Gasteiger partial charge in [-0.2, -0.15) is 0 Å². The van der Waals surface area contributed by atoms with Crippen LogP contribution >= 0.6 is 34.8 Å². The van der Waals surface area contributed by atoms with E-state index in [1.807, 2.05) is 6.92 Å². The molecule has 0 spiro atoms. The Labute approximate surface area is 238 Å². The van der Waals surface area contributed by atoms with E-state index in [1.165, 1.54) is 30.1 Å². The molecule has 11 heteroatoms. The van der Waals surface area contributed by atoms with Gasteiger partial charge < -0.3 is 10.2 Å². The average molecular weight is 597 g/mol. The van der Waals surface area contributed by atoms with Crippen LogP contribution in [0.1, 0.15) is 24.5 Å². The smallest absolute Gasteiger partial charge is 0.264 e. The number of halogens is 3. The minimum absolute atomic E-state index is 0.0153. The average Bonchev–Trinajstić information content (AvgIpc) is 2.88. The van der Waals surface area contributed by atoms with Gasteiger partial charge in [0.15, 0.2) is 0 Å². The normalized spacial score (nSPS) is 12.1. The maximum atomic E-state index is 13.9. The number of carbonyl (C=O) groups excluding carboxylic acids is 2. The predicted molar refractivity (Wildman–Crippen MR) is 152 cm³/mol. The highest BCUT2D eigenvalue weighted by molar-refractivity contribution is 7.92. The zero-order chi connectivity index (χ0) is 28.0. The van der Waals surface area contributed by atoms with Gasteiger partial charge in [0.25, 0.3) is 10.0 Å². The van der Waals surface area contributed by atoms with E-state index in [4.69, 9.17) is 34.8 Å². The van der Waals surface area contributed by atoms with Crippen LogP contribution < -0.4 is 9.62 Å². The lowest BCUT2D eigenvalue weighted by molar-refractivity contribution is -0.140. The highest BCUT2D eigenvalue weighted by Gasteiger charge is 2.33. The second-order valence-electron chi connectivity index (χ2n) is 8.60. The summed E-state index contributed by atoms with van der Waals surface area (Å²) in [6.45, 7) is 3.00. The highest BCUT2D eigenvalue weighted by atomic mass is 35.5. The van der Waals surface area contributed by atoms with Gasteiger partial charge in [-0.3, -0.25) is 13.9 Å². The first-order valence-electron chi connectivity index (χ1n) is 11.8. The van der Waals surface area contributed by atoms with Crippen molar-refractivity contribution in [3.8, 4) is 0 Å². The Kier molecular flexibility index (Phi) is 10.1. The van der Waals surface area contributed by atoms with Gasteiger partial charge in [0.1, 0.15) is 12.6 Å². The van der Waals surface area contributed by atoms with Crippen molar-refractivity contribution in [2.24, 2.45) is 0 Å². The molecule has 0 radical (unpaired) electrons. The summed E-state index contributed by atoms with van der Waals surface area (Å²) in [5.74, 6) is -0.983. The van der Waals surface area contributed by atoms with Gasteiger partial charge in [-0.25, -0.2) is 8.42 Å². The van der Waals surface area contributed by atoms with Crippen molar-refractivity contribution in [3.05, 3.63) is 92.9 Å². The molecule has 0 fully saturated rings. The zero-order valence-electron chi connectivity index (χ0n) is 21.1. The number of hydrogen-bond acceptors (Lipinski definition) is 4. The summed E-state index contributed by atoms with van der Waals surface area (Å²) in [5, 5.41) is 3.63. The van der Waals surface area contributed by atoms with E-state index in [-0.39, 0.29) is 23.0 Å². The Morgan fingerprint density at radius 1 is 0.947 bits per heavy atom. The fourth-order valence-electron chi connectivity index (χ4n) is 3.92. The summed E-state index contributed by atoms with van der Waals surface area (Å²) in [7, 11) is -2.70. The zero-order valence-corrected chi connectivity index (χ0v) is 24.2. The molecule has 7 nitrogen and oxygen atoms in total. The third-order valence-corrected chi connectivity index (χ3v) is 8.58. The molecule has 0 aliphatic rings. The lowest BCUT2D eigenvalue weighted by atomic mass is 10.1. The second-order valence-corrected chi connectivity index (χ2v) is 11.7. The molecule has 3 aromatic carbocycles. The van der Waals surface area contributed by atoms with Gasteiger partial charge in [0, 0.05) is 28.7 Å². The van der Waals surface area contributed by atoms with Crippen molar-refractivity contribution in [1.82, 2.24) is 10.2 Å². The first kappa shape index (κ1) is 29.8. The standard InChI is InChI=1S/C27H28Cl3N3O4S/c1-4-25(27(35)31-3)32(16-19-10-11-21(29)15-24(19)30)26(34)17-33(22-7-5-6-20(28)14-22)38(36,37)23-12-8-18(2)9-13-23/h5-15,25H,4,16-17H2,1-3H3,(H,31,35)/t25-/m0/s1. The molecule has 0 aliphatic heterocycles. The molecule has 0 aromatic heterocycles. The lowest BCUT2D eigenvalue weighted by Crippen LogP contribution is -2.51. The first-order chi connectivity index (χ1) is 18.0. The second kappa shape index (κ2) is 12.8. The molecule has 3 rings (SSSR count). The number of nitrogens with one attached hydrogen (secondary N) is 1. The van der Waals surface area contributed by atoms with Crippen molar-refractivity contribution in [2.45, 2.75) is 37.8 Å². The Morgan fingerprint density at radius 3 is 2.18 bits per heavy atom. The van der Waals surface area contributed by atoms with E-state index < -0.39 is 28.5 Å². The molecule has 1 N–H and O–H groups in total. The fourth-order valence-corrected chi connectivity index (χ4v) is 5.98. The van der Waals surface area contributed by atoms with Gasteiger partial charge in [-0.05, 0) is 61.4 Å². The van der Waals surface area contributed by atoms with Crippen molar-refractivity contribution >= 4 is 62.3 Å². The minimum Gasteiger partial charge on any atom is -0.357 e. The molecule has 3 aromatic rings. The number of likely N-dealkylation sites (N-methyl/N-ethyl adjacent to an activating group) is 1. The van der Waals surface area contributed by atoms with Crippen LogP contribution in [0, 0.1) is 6.92 Å². The number of sulfonamides is 1. The van der Waals surface area contributed by atoms with Gasteiger partial charge >= 0.3 is 0 Å². The molecule has 38 heavy (non-hydrogen) atoms. The van der Waals surface area contributed by atoms with E-state index >= 15 is 0 Å². The quantitative estimate of drug-likeness (QED) is 0.325. The molecule has 0 saturated heterocycles. The van der Waals surface area contributed by atoms with Crippen LogP contribution in [-0.2, 0) is 26.2 Å². The number of carbonyl (C=O) groups is 2. The molecule has 0 aliphatic carbocycles. The lowest BCUT2D eigenvalue weighted by Gasteiger charge is -2.33. The number of nitrogens with zero attached hydrogens (tertiary/aromatic N) is 2. The summed E-state index contributed by atoms with van der Waals surface area (Å²) in [6, 6.07) is 16.5. The maximum Gasteiger partial charge on any atom is 0.264 e.